The van der Waals surface area contributed by atoms with Gasteiger partial charge in [0.1, 0.15) is 11.9 Å². The van der Waals surface area contributed by atoms with Gasteiger partial charge in [-0.05, 0) is 30.5 Å². The van der Waals surface area contributed by atoms with E-state index in [0.717, 1.165) is 12.8 Å². The Hall–Kier alpha value is -2.38. The van der Waals surface area contributed by atoms with Crippen LogP contribution in [-0.4, -0.2) is 17.6 Å². The van der Waals surface area contributed by atoms with Crippen molar-refractivity contribution in [2.45, 2.75) is 25.0 Å². The lowest BCUT2D eigenvalue weighted by atomic mass is 9.97. The summed E-state index contributed by atoms with van der Waals surface area (Å²) in [6.45, 7) is 0.714. The van der Waals surface area contributed by atoms with Crippen molar-refractivity contribution in [2.75, 3.05) is 11.9 Å². The number of aromatic nitrogens is 1. The van der Waals surface area contributed by atoms with Crippen LogP contribution in [0.25, 0.3) is 0 Å². The molecule has 1 N–H and O–H groups in total. The Morgan fingerprint density at radius 3 is 2.86 bits per heavy atom. The zero-order valence-electron chi connectivity index (χ0n) is 11.7. The lowest BCUT2D eigenvalue weighted by molar-refractivity contribution is 0.00974. The number of nitrogens with one attached hydrogen (secondary N) is 1. The van der Waals surface area contributed by atoms with E-state index in [0.29, 0.717) is 18.0 Å². The highest BCUT2D eigenvalue weighted by Gasteiger charge is 2.24. The second-order valence-corrected chi connectivity index (χ2v) is 5.15. The molecule has 0 radical (unpaired) electrons. The lowest BCUT2D eigenvalue weighted by Gasteiger charge is -2.30. The third kappa shape index (κ3) is 3.21. The first-order valence-corrected chi connectivity index (χ1v) is 7.15. The Kier molecular flexibility index (Phi) is 4.13. The predicted octanol–water partition coefficient (Wildman–Crippen LogP) is 3.29. The third-order valence-corrected chi connectivity index (χ3v) is 3.72. The molecule has 2 unspecified atom stereocenters. The number of ether oxygens (including phenoxy) is 1. The normalized spacial score (nSPS) is 21.5. The molecule has 4 nitrogen and oxygen atoms in total. The van der Waals surface area contributed by atoms with Gasteiger partial charge >= 0.3 is 0 Å². The summed E-state index contributed by atoms with van der Waals surface area (Å²) < 4.78 is 5.86. The summed E-state index contributed by atoms with van der Waals surface area (Å²) >= 11 is 0. The van der Waals surface area contributed by atoms with E-state index in [-0.39, 0.29) is 12.1 Å². The molecular formula is C17H17N3O. The van der Waals surface area contributed by atoms with Crippen molar-refractivity contribution in [2.24, 2.45) is 0 Å². The first kappa shape index (κ1) is 13.6. The Balaban J connectivity index is 1.71. The van der Waals surface area contributed by atoms with Crippen molar-refractivity contribution in [1.29, 1.82) is 5.26 Å². The molecular weight excluding hydrogens is 262 g/mol. The van der Waals surface area contributed by atoms with Crippen LogP contribution in [0.2, 0.25) is 0 Å². The number of anilines is 1. The summed E-state index contributed by atoms with van der Waals surface area (Å²) in [7, 11) is 0. The molecule has 0 saturated carbocycles. The van der Waals surface area contributed by atoms with Gasteiger partial charge in [0.15, 0.2) is 0 Å². The van der Waals surface area contributed by atoms with Gasteiger partial charge in [0.05, 0.1) is 11.7 Å². The molecule has 2 atom stereocenters. The van der Waals surface area contributed by atoms with Crippen LogP contribution in [0, 0.1) is 11.3 Å². The van der Waals surface area contributed by atoms with E-state index in [1.54, 1.807) is 18.3 Å². The van der Waals surface area contributed by atoms with Crippen molar-refractivity contribution in [1.82, 2.24) is 4.98 Å². The molecule has 1 aliphatic rings. The Bertz CT molecular complexity index is 636. The highest BCUT2D eigenvalue weighted by molar-refractivity contribution is 5.51. The maximum atomic E-state index is 9.12. The second-order valence-electron chi connectivity index (χ2n) is 5.15. The molecule has 1 aliphatic heterocycles. The van der Waals surface area contributed by atoms with Crippen LogP contribution >= 0.6 is 0 Å². The van der Waals surface area contributed by atoms with Gasteiger partial charge in [-0.1, -0.05) is 30.3 Å². The van der Waals surface area contributed by atoms with E-state index in [2.05, 4.69) is 28.5 Å². The first-order chi connectivity index (χ1) is 10.4. The van der Waals surface area contributed by atoms with Crippen LogP contribution in [0.5, 0.6) is 0 Å². The minimum atomic E-state index is 0.103. The van der Waals surface area contributed by atoms with E-state index >= 15 is 0 Å². The maximum Gasteiger partial charge on any atom is 0.144 e. The zero-order valence-corrected chi connectivity index (χ0v) is 11.7. The molecule has 106 valence electrons. The minimum Gasteiger partial charge on any atom is -0.373 e. The second kappa shape index (κ2) is 6.38. The maximum absolute atomic E-state index is 9.12. The highest BCUT2D eigenvalue weighted by Crippen LogP contribution is 2.29. The van der Waals surface area contributed by atoms with Gasteiger partial charge in [-0.25, -0.2) is 4.98 Å². The number of hydrogen-bond acceptors (Lipinski definition) is 4. The van der Waals surface area contributed by atoms with E-state index in [1.165, 1.54) is 5.56 Å². The number of rotatable bonds is 3. The summed E-state index contributed by atoms with van der Waals surface area (Å²) in [4.78, 5) is 4.27. The summed E-state index contributed by atoms with van der Waals surface area (Å²) in [5, 5.41) is 12.5. The molecule has 1 fully saturated rings. The van der Waals surface area contributed by atoms with Crippen molar-refractivity contribution in [3.05, 3.63) is 59.8 Å². The standard InChI is InChI=1S/C17H17N3O/c18-12-14-7-4-9-19-17(14)20-15-8-10-21-16(11-15)13-5-2-1-3-6-13/h1-7,9,15-16H,8,10-11H2,(H,19,20). The highest BCUT2D eigenvalue weighted by atomic mass is 16.5. The molecule has 4 heteroatoms. The van der Waals surface area contributed by atoms with Crippen molar-refractivity contribution >= 4 is 5.82 Å². The van der Waals surface area contributed by atoms with E-state index in [1.807, 2.05) is 18.2 Å². The molecule has 0 aliphatic carbocycles. The van der Waals surface area contributed by atoms with Crippen molar-refractivity contribution in [3.63, 3.8) is 0 Å². The zero-order chi connectivity index (χ0) is 14.5. The van der Waals surface area contributed by atoms with Gasteiger partial charge in [-0.15, -0.1) is 0 Å². The van der Waals surface area contributed by atoms with Gasteiger partial charge in [0, 0.05) is 18.8 Å². The van der Waals surface area contributed by atoms with Crippen LogP contribution in [0.1, 0.15) is 30.1 Å². The van der Waals surface area contributed by atoms with Crippen LogP contribution in [0.3, 0.4) is 0 Å². The molecule has 0 bridgehead atoms. The summed E-state index contributed by atoms with van der Waals surface area (Å²) in [5.41, 5.74) is 1.78. The molecule has 1 aromatic carbocycles. The fourth-order valence-corrected chi connectivity index (χ4v) is 2.63. The molecule has 21 heavy (non-hydrogen) atoms. The molecule has 0 spiro atoms. The molecule has 2 heterocycles. The average Bonchev–Trinajstić information content (AvgIpc) is 2.56. The summed E-state index contributed by atoms with van der Waals surface area (Å²) in [5.74, 6) is 0.665. The summed E-state index contributed by atoms with van der Waals surface area (Å²) in [6, 6.07) is 16.3. The van der Waals surface area contributed by atoms with Gasteiger partial charge in [-0.3, -0.25) is 0 Å². The van der Waals surface area contributed by atoms with Crippen molar-refractivity contribution < 1.29 is 4.74 Å². The number of benzene rings is 1. The van der Waals surface area contributed by atoms with Gasteiger partial charge in [0.25, 0.3) is 0 Å². The number of pyridine rings is 1. The molecule has 1 aromatic heterocycles. The number of nitriles is 1. The predicted molar refractivity (Wildman–Crippen MR) is 80.7 cm³/mol. The molecule has 1 saturated heterocycles. The van der Waals surface area contributed by atoms with E-state index in [9.17, 15) is 0 Å². The number of hydrogen-bond donors (Lipinski definition) is 1. The van der Waals surface area contributed by atoms with Crippen molar-refractivity contribution in [3.8, 4) is 6.07 Å². The third-order valence-electron chi connectivity index (χ3n) is 3.72. The summed E-state index contributed by atoms with van der Waals surface area (Å²) in [6.07, 6.45) is 3.61. The van der Waals surface area contributed by atoms with Gasteiger partial charge in [-0.2, -0.15) is 5.26 Å². The van der Waals surface area contributed by atoms with Crippen LogP contribution in [-0.2, 0) is 4.74 Å². The molecule has 3 rings (SSSR count). The van der Waals surface area contributed by atoms with Gasteiger partial charge in [0.2, 0.25) is 0 Å². The minimum absolute atomic E-state index is 0.103. The molecule has 2 aromatic rings. The Morgan fingerprint density at radius 2 is 2.05 bits per heavy atom. The van der Waals surface area contributed by atoms with Crippen LogP contribution < -0.4 is 5.32 Å². The van der Waals surface area contributed by atoms with E-state index in [4.69, 9.17) is 10.00 Å². The SMILES string of the molecule is N#Cc1cccnc1NC1CCOC(c2ccccc2)C1. The fourth-order valence-electron chi connectivity index (χ4n) is 2.63. The van der Waals surface area contributed by atoms with Crippen LogP contribution in [0.4, 0.5) is 5.82 Å². The average molecular weight is 279 g/mol. The van der Waals surface area contributed by atoms with E-state index < -0.39 is 0 Å². The fraction of sp³-hybridized carbons (Fsp3) is 0.294. The topological polar surface area (TPSA) is 57.9 Å². The number of nitrogens with zero attached hydrogens (tertiary/aromatic N) is 2. The Labute approximate surface area is 124 Å². The Morgan fingerprint density at radius 1 is 1.19 bits per heavy atom. The quantitative estimate of drug-likeness (QED) is 0.936. The smallest absolute Gasteiger partial charge is 0.144 e. The lowest BCUT2D eigenvalue weighted by Crippen LogP contribution is -2.30. The van der Waals surface area contributed by atoms with Crippen LogP contribution in [0.15, 0.2) is 48.7 Å². The first-order valence-electron chi connectivity index (χ1n) is 7.15. The van der Waals surface area contributed by atoms with Gasteiger partial charge < -0.3 is 10.1 Å². The largest absolute Gasteiger partial charge is 0.373 e. The monoisotopic (exact) mass is 279 g/mol. The molecule has 0 amide bonds.